The molecule has 0 atom stereocenters. The van der Waals surface area contributed by atoms with E-state index in [4.69, 9.17) is 0 Å². The lowest BCUT2D eigenvalue weighted by atomic mass is 10.4. The van der Waals surface area contributed by atoms with Crippen LogP contribution in [0.3, 0.4) is 0 Å². The molecule has 0 saturated carbocycles. The topological polar surface area (TPSA) is 75.7 Å². The van der Waals surface area contributed by atoms with E-state index < -0.39 is 17.7 Å². The van der Waals surface area contributed by atoms with Gasteiger partial charge in [-0.05, 0) is 0 Å². The van der Waals surface area contributed by atoms with E-state index in [9.17, 15) is 14.4 Å². The average Bonchev–Trinajstić information content (AvgIpc) is 2.24. The zero-order valence-electron chi connectivity index (χ0n) is 8.94. The van der Waals surface area contributed by atoms with Crippen LogP contribution in [0.4, 0.5) is 0 Å². The molecule has 0 spiro atoms. The SMILES string of the molecule is CCC(=O)NC(=O)/C=C/C(=O)N(C)OC. The molecule has 0 fully saturated rings. The van der Waals surface area contributed by atoms with Crippen LogP contribution in [0, 0.1) is 0 Å². The van der Waals surface area contributed by atoms with Gasteiger partial charge in [-0.2, -0.15) is 0 Å². The summed E-state index contributed by atoms with van der Waals surface area (Å²) in [5.74, 6) is -1.51. The van der Waals surface area contributed by atoms with Crippen molar-refractivity contribution >= 4 is 17.7 Å². The number of hydrogen-bond donors (Lipinski definition) is 1. The highest BCUT2D eigenvalue weighted by molar-refractivity contribution is 6.03. The van der Waals surface area contributed by atoms with Gasteiger partial charge in [0, 0.05) is 25.6 Å². The van der Waals surface area contributed by atoms with Crippen LogP contribution in [-0.2, 0) is 19.2 Å². The van der Waals surface area contributed by atoms with Gasteiger partial charge < -0.3 is 0 Å². The molecular weight excluding hydrogens is 200 g/mol. The van der Waals surface area contributed by atoms with Gasteiger partial charge in [-0.3, -0.25) is 24.5 Å². The van der Waals surface area contributed by atoms with Gasteiger partial charge in [-0.1, -0.05) is 6.92 Å². The number of hydrogen-bond acceptors (Lipinski definition) is 4. The first-order chi connectivity index (χ1) is 7.01. The Morgan fingerprint density at radius 3 is 2.40 bits per heavy atom. The van der Waals surface area contributed by atoms with E-state index in [-0.39, 0.29) is 6.42 Å². The highest BCUT2D eigenvalue weighted by atomic mass is 16.7. The molecule has 0 bridgehead atoms. The molecule has 6 nitrogen and oxygen atoms in total. The van der Waals surface area contributed by atoms with Crippen molar-refractivity contribution in [3.05, 3.63) is 12.2 Å². The third kappa shape index (κ3) is 5.58. The smallest absolute Gasteiger partial charge is 0.270 e. The Bertz CT molecular complexity index is 286. The van der Waals surface area contributed by atoms with Crippen molar-refractivity contribution in [1.29, 1.82) is 0 Å². The number of imide groups is 1. The summed E-state index contributed by atoms with van der Waals surface area (Å²) in [6.45, 7) is 1.62. The van der Waals surface area contributed by atoms with Gasteiger partial charge in [0.05, 0.1) is 7.11 Å². The Morgan fingerprint density at radius 1 is 1.33 bits per heavy atom. The Morgan fingerprint density at radius 2 is 1.93 bits per heavy atom. The standard InChI is InChI=1S/C9H14N2O4/c1-4-7(12)10-8(13)5-6-9(14)11(2)15-3/h5-6H,4H2,1-3H3,(H,10,12,13)/b6-5+. The molecule has 84 valence electrons. The van der Waals surface area contributed by atoms with Gasteiger partial charge in [0.1, 0.15) is 0 Å². The predicted octanol–water partition coefficient (Wildman–Crippen LogP) is -0.385. The maximum atomic E-state index is 11.1. The Balaban J connectivity index is 4.11. The number of hydroxylamine groups is 2. The molecule has 0 aliphatic rings. The van der Waals surface area contributed by atoms with Crippen molar-refractivity contribution in [3.8, 4) is 0 Å². The summed E-state index contributed by atoms with van der Waals surface area (Å²) in [6, 6.07) is 0. The Hall–Kier alpha value is -1.69. The minimum absolute atomic E-state index is 0.214. The summed E-state index contributed by atoms with van der Waals surface area (Å²) in [6.07, 6.45) is 2.21. The predicted molar refractivity (Wildman–Crippen MR) is 52.4 cm³/mol. The molecule has 0 saturated heterocycles. The molecule has 6 heteroatoms. The third-order valence-corrected chi connectivity index (χ3v) is 1.55. The quantitative estimate of drug-likeness (QED) is 0.511. The third-order valence-electron chi connectivity index (χ3n) is 1.55. The summed E-state index contributed by atoms with van der Waals surface area (Å²) in [5, 5.41) is 3.02. The normalized spacial score (nSPS) is 10.1. The van der Waals surface area contributed by atoms with Crippen LogP contribution in [0.15, 0.2) is 12.2 Å². The minimum Gasteiger partial charge on any atom is -0.293 e. The van der Waals surface area contributed by atoms with Crippen LogP contribution in [0.25, 0.3) is 0 Å². The molecule has 0 rings (SSSR count). The molecule has 0 aromatic carbocycles. The summed E-state index contributed by atoms with van der Waals surface area (Å²) < 4.78 is 0. The van der Waals surface area contributed by atoms with Crippen molar-refractivity contribution in [3.63, 3.8) is 0 Å². The van der Waals surface area contributed by atoms with Crippen molar-refractivity contribution < 1.29 is 19.2 Å². The molecule has 0 unspecified atom stereocenters. The zero-order valence-corrected chi connectivity index (χ0v) is 8.94. The highest BCUT2D eigenvalue weighted by Gasteiger charge is 2.05. The summed E-state index contributed by atoms with van der Waals surface area (Å²) in [7, 11) is 2.73. The van der Waals surface area contributed by atoms with Gasteiger partial charge in [0.2, 0.25) is 5.91 Å². The number of nitrogens with one attached hydrogen (secondary N) is 1. The molecule has 0 aliphatic carbocycles. The Labute approximate surface area is 87.8 Å². The van der Waals surface area contributed by atoms with E-state index in [1.807, 2.05) is 0 Å². The van der Waals surface area contributed by atoms with E-state index in [2.05, 4.69) is 10.2 Å². The summed E-state index contributed by atoms with van der Waals surface area (Å²) >= 11 is 0. The number of likely N-dealkylation sites (N-methyl/N-ethyl adjacent to an activating group) is 1. The van der Waals surface area contributed by atoms with Crippen molar-refractivity contribution in [1.82, 2.24) is 10.4 Å². The average molecular weight is 214 g/mol. The first-order valence-corrected chi connectivity index (χ1v) is 4.35. The first-order valence-electron chi connectivity index (χ1n) is 4.35. The van der Waals surface area contributed by atoms with Crippen molar-refractivity contribution in [2.75, 3.05) is 14.2 Å². The lowest BCUT2D eigenvalue weighted by Gasteiger charge is -2.09. The molecule has 0 aliphatic heterocycles. The fourth-order valence-corrected chi connectivity index (χ4v) is 0.609. The molecule has 0 radical (unpaired) electrons. The number of carbonyl (C=O) groups is 3. The molecule has 3 amide bonds. The van der Waals surface area contributed by atoms with Crippen LogP contribution in [0.2, 0.25) is 0 Å². The van der Waals surface area contributed by atoms with Gasteiger partial charge in [0.25, 0.3) is 11.8 Å². The first kappa shape index (κ1) is 13.3. The van der Waals surface area contributed by atoms with E-state index in [1.54, 1.807) is 6.92 Å². The maximum absolute atomic E-state index is 11.1. The fourth-order valence-electron chi connectivity index (χ4n) is 0.609. The second-order valence-electron chi connectivity index (χ2n) is 2.62. The number of carbonyl (C=O) groups excluding carboxylic acids is 3. The van der Waals surface area contributed by atoms with Gasteiger partial charge in [-0.15, -0.1) is 0 Å². The van der Waals surface area contributed by atoms with Crippen LogP contribution in [0.5, 0.6) is 0 Å². The van der Waals surface area contributed by atoms with Crippen LogP contribution in [0.1, 0.15) is 13.3 Å². The lowest BCUT2D eigenvalue weighted by molar-refractivity contribution is -0.162. The van der Waals surface area contributed by atoms with Gasteiger partial charge in [0.15, 0.2) is 0 Å². The van der Waals surface area contributed by atoms with E-state index in [0.29, 0.717) is 0 Å². The molecule has 0 aromatic rings. The van der Waals surface area contributed by atoms with E-state index >= 15 is 0 Å². The van der Waals surface area contributed by atoms with Crippen LogP contribution < -0.4 is 5.32 Å². The zero-order chi connectivity index (χ0) is 11.8. The largest absolute Gasteiger partial charge is 0.293 e. The molecule has 0 heterocycles. The van der Waals surface area contributed by atoms with Crippen molar-refractivity contribution in [2.24, 2.45) is 0 Å². The maximum Gasteiger partial charge on any atom is 0.270 e. The second-order valence-corrected chi connectivity index (χ2v) is 2.62. The van der Waals surface area contributed by atoms with Crippen LogP contribution in [-0.4, -0.2) is 36.9 Å². The Kier molecular flexibility index (Phi) is 5.96. The van der Waals surface area contributed by atoms with Crippen LogP contribution >= 0.6 is 0 Å². The molecule has 15 heavy (non-hydrogen) atoms. The number of amides is 3. The molecule has 1 N–H and O–H groups in total. The lowest BCUT2D eigenvalue weighted by Crippen LogP contribution is -2.29. The molecular formula is C9H14N2O4. The minimum atomic E-state index is -0.625. The second kappa shape index (κ2) is 6.72. The fraction of sp³-hybridized carbons (Fsp3) is 0.444. The monoisotopic (exact) mass is 214 g/mol. The van der Waals surface area contributed by atoms with Gasteiger partial charge >= 0.3 is 0 Å². The van der Waals surface area contributed by atoms with E-state index in [1.165, 1.54) is 14.2 Å². The molecule has 0 aromatic heterocycles. The summed E-state index contributed by atoms with van der Waals surface area (Å²) in [4.78, 5) is 37.4. The van der Waals surface area contributed by atoms with Gasteiger partial charge in [-0.25, -0.2) is 5.06 Å². The highest BCUT2D eigenvalue weighted by Crippen LogP contribution is 1.86. The number of nitrogens with zero attached hydrogens (tertiary/aromatic N) is 1. The number of rotatable bonds is 4. The van der Waals surface area contributed by atoms with Crippen molar-refractivity contribution in [2.45, 2.75) is 13.3 Å². The van der Waals surface area contributed by atoms with E-state index in [0.717, 1.165) is 17.2 Å². The summed E-state index contributed by atoms with van der Waals surface area (Å²) in [5.41, 5.74) is 0.